The van der Waals surface area contributed by atoms with E-state index in [1.54, 1.807) is 65.0 Å². The molecule has 2 radical (unpaired) electrons. The number of hydrogen-bond acceptors (Lipinski definition) is 10. The zero-order chi connectivity index (χ0) is 31.7. The maximum absolute atomic E-state index is 14.5. The Morgan fingerprint density at radius 3 is 2.44 bits per heavy atom. The minimum atomic E-state index is -1.69. The summed E-state index contributed by atoms with van der Waals surface area (Å²) in [6.45, 7) is 14.9. The lowest BCUT2D eigenvalue weighted by Gasteiger charge is -2.67. The molecule has 1 saturated heterocycles. The van der Waals surface area contributed by atoms with Gasteiger partial charge in [-0.2, -0.15) is 0 Å². The smallest absolute Gasteiger partial charge is 0.336 e. The highest BCUT2D eigenvalue weighted by Gasteiger charge is 2.74. The average molecular weight is 617 g/mol. The molecule has 1 aliphatic heterocycles. The van der Waals surface area contributed by atoms with E-state index in [9.17, 15) is 30.0 Å². The topological polar surface area (TPSA) is 143 Å². The van der Waals surface area contributed by atoms with Gasteiger partial charge in [0.2, 0.25) is 0 Å². The summed E-state index contributed by atoms with van der Waals surface area (Å²) in [5.74, 6) is -3.82. The first-order valence-corrected chi connectivity index (χ1v) is 16.3. The third-order valence-corrected chi connectivity index (χ3v) is 11.6. The number of aliphatic hydroxyl groups is 4. The Bertz CT molecular complexity index is 1280. The van der Waals surface area contributed by atoms with E-state index in [-0.39, 0.29) is 25.0 Å². The monoisotopic (exact) mass is 616 g/mol. The van der Waals surface area contributed by atoms with Crippen LogP contribution in [0.1, 0.15) is 58.9 Å². The van der Waals surface area contributed by atoms with Crippen molar-refractivity contribution in [1.29, 1.82) is 0 Å². The van der Waals surface area contributed by atoms with E-state index in [1.165, 1.54) is 11.8 Å². The van der Waals surface area contributed by atoms with Crippen LogP contribution < -0.4 is 0 Å². The number of hydrogen-bond donors (Lipinski definition) is 4. The Balaban J connectivity index is 1.58. The summed E-state index contributed by atoms with van der Waals surface area (Å²) >= 11 is 1.45. The number of esters is 1. The number of ketones is 1. The van der Waals surface area contributed by atoms with Gasteiger partial charge in [-0.15, -0.1) is 11.8 Å². The molecule has 236 valence electrons. The van der Waals surface area contributed by atoms with Gasteiger partial charge in [-0.1, -0.05) is 51.1 Å². The predicted octanol–water partition coefficient (Wildman–Crippen LogP) is 2.67. The van der Waals surface area contributed by atoms with Gasteiger partial charge < -0.3 is 34.6 Å². The van der Waals surface area contributed by atoms with E-state index in [0.29, 0.717) is 17.1 Å². The van der Waals surface area contributed by atoms with E-state index in [2.05, 4.69) is 0 Å². The van der Waals surface area contributed by atoms with Crippen LogP contribution in [0.3, 0.4) is 0 Å². The highest BCUT2D eigenvalue weighted by Crippen LogP contribution is 2.64. The summed E-state index contributed by atoms with van der Waals surface area (Å²) in [6.07, 6.45) is -3.62. The van der Waals surface area contributed by atoms with E-state index in [1.807, 2.05) is 6.26 Å². The number of rotatable bonds is 7. The van der Waals surface area contributed by atoms with Crippen LogP contribution in [0.25, 0.3) is 0 Å². The molecule has 2 bridgehead atoms. The van der Waals surface area contributed by atoms with Crippen LogP contribution in [-0.2, 0) is 23.8 Å². The Kier molecular flexibility index (Phi) is 8.51. The SMILES string of the molecule is [CH][C@@H](c1ccccc1)C(O)C(=O)OC1CC2(O)C(C)C3C4(O)COC4CC(OCSC)[C@@]3(C)C(=O)C(O)C(=C1C)C2(C)C. The zero-order valence-electron chi connectivity index (χ0n) is 25.6. The van der Waals surface area contributed by atoms with Crippen LogP contribution in [0.4, 0.5) is 0 Å². The molecule has 1 aromatic rings. The van der Waals surface area contributed by atoms with Crippen molar-refractivity contribution >= 4 is 23.5 Å². The van der Waals surface area contributed by atoms with Gasteiger partial charge in [0.25, 0.3) is 0 Å². The summed E-state index contributed by atoms with van der Waals surface area (Å²) in [5, 5.41) is 47.5. The molecule has 11 atom stereocenters. The number of carbonyl (C=O) groups is 2. The summed E-state index contributed by atoms with van der Waals surface area (Å²) in [5.41, 5.74) is -4.37. The number of benzene rings is 1. The Morgan fingerprint density at radius 2 is 1.86 bits per heavy atom. The third-order valence-electron chi connectivity index (χ3n) is 11.2. The fraction of sp³-hybridized carbons (Fsp3) is 0.667. The van der Waals surface area contributed by atoms with Crippen molar-refractivity contribution in [2.45, 2.75) is 95.1 Å². The molecule has 0 amide bonds. The standard InChI is InChI=1S/C33H44O9S/c1-17(20-11-9-8-10-12-20)25(34)29(37)42-21-14-33(39)19(3)27-31(6,28(36)26(35)24(18(21)2)30(33,4)5)22(41-16-43-7)13-23-32(27,38)15-40-23/h1,8-12,17,19,21-23,25-27,34-35,38-39H,13-16H2,2-7H3/t17-,19?,21?,22?,23?,25?,26?,27?,31+,32?,33?/m0/s1. The lowest BCUT2D eigenvalue weighted by Crippen LogP contribution is -2.79. The molecule has 4 aliphatic rings. The molecule has 9 nitrogen and oxygen atoms in total. The summed E-state index contributed by atoms with van der Waals surface area (Å²) in [4.78, 5) is 27.8. The number of ether oxygens (including phenoxy) is 3. The van der Waals surface area contributed by atoms with Crippen LogP contribution in [0.2, 0.25) is 0 Å². The maximum Gasteiger partial charge on any atom is 0.336 e. The van der Waals surface area contributed by atoms with Crippen LogP contribution in [-0.4, -0.2) is 92.7 Å². The second-order valence-corrected chi connectivity index (χ2v) is 14.4. The Hall–Kier alpha value is -1.79. The quantitative estimate of drug-likeness (QED) is 0.205. The lowest BCUT2D eigenvalue weighted by molar-refractivity contribution is -0.338. The van der Waals surface area contributed by atoms with Crippen molar-refractivity contribution in [2.75, 3.05) is 18.8 Å². The predicted molar refractivity (Wildman–Crippen MR) is 160 cm³/mol. The van der Waals surface area contributed by atoms with Crippen molar-refractivity contribution in [3.05, 3.63) is 54.0 Å². The summed E-state index contributed by atoms with van der Waals surface area (Å²) < 4.78 is 17.8. The molecule has 0 aromatic heterocycles. The molecule has 5 rings (SSSR count). The number of fused-ring (bicyclic) bond motifs is 5. The van der Waals surface area contributed by atoms with Crippen LogP contribution in [0.5, 0.6) is 0 Å². The van der Waals surface area contributed by atoms with Gasteiger partial charge in [0.05, 0.1) is 35.8 Å². The minimum Gasteiger partial charge on any atom is -0.456 e. The van der Waals surface area contributed by atoms with Gasteiger partial charge >= 0.3 is 5.97 Å². The maximum atomic E-state index is 14.5. The highest BCUT2D eigenvalue weighted by atomic mass is 32.2. The van der Waals surface area contributed by atoms with E-state index in [4.69, 9.17) is 21.1 Å². The van der Waals surface area contributed by atoms with Crippen molar-refractivity contribution in [2.24, 2.45) is 22.7 Å². The van der Waals surface area contributed by atoms with Gasteiger partial charge in [-0.3, -0.25) is 4.79 Å². The van der Waals surface area contributed by atoms with Crippen molar-refractivity contribution in [3.63, 3.8) is 0 Å². The first kappa shape index (κ1) is 32.6. The van der Waals surface area contributed by atoms with Gasteiger partial charge in [-0.25, -0.2) is 4.79 Å². The fourth-order valence-electron chi connectivity index (χ4n) is 8.70. The Morgan fingerprint density at radius 1 is 1.21 bits per heavy atom. The molecule has 3 fully saturated rings. The highest BCUT2D eigenvalue weighted by molar-refractivity contribution is 7.98. The molecular formula is C33H44O9S. The number of carbonyl (C=O) groups excluding carboxylic acids is 2. The molecule has 0 spiro atoms. The lowest BCUT2D eigenvalue weighted by atomic mass is 9.43. The second kappa shape index (κ2) is 11.2. The molecule has 3 aliphatic carbocycles. The number of thioether (sulfide) groups is 1. The minimum absolute atomic E-state index is 0.0128. The van der Waals surface area contributed by atoms with Crippen molar-refractivity contribution in [3.8, 4) is 0 Å². The van der Waals surface area contributed by atoms with Crippen LogP contribution in [0, 0.1) is 29.6 Å². The molecule has 4 N–H and O–H groups in total. The molecule has 10 heteroatoms. The molecular weight excluding hydrogens is 572 g/mol. The van der Waals surface area contributed by atoms with Crippen LogP contribution in [0.15, 0.2) is 41.5 Å². The van der Waals surface area contributed by atoms with Gasteiger partial charge in [-0.05, 0) is 49.7 Å². The number of Topliss-reactive ketones (excluding diaryl/α,β-unsaturated/α-hetero) is 1. The summed E-state index contributed by atoms with van der Waals surface area (Å²) in [7, 11) is 0. The van der Waals surface area contributed by atoms with Gasteiger partial charge in [0, 0.05) is 30.1 Å². The van der Waals surface area contributed by atoms with Gasteiger partial charge in [0.1, 0.15) is 17.8 Å². The van der Waals surface area contributed by atoms with Crippen molar-refractivity contribution < 1.29 is 44.2 Å². The first-order chi connectivity index (χ1) is 20.1. The second-order valence-electron chi connectivity index (χ2n) is 13.6. The van der Waals surface area contributed by atoms with E-state index >= 15 is 0 Å². The van der Waals surface area contributed by atoms with E-state index < -0.39 is 82.1 Å². The van der Waals surface area contributed by atoms with Crippen molar-refractivity contribution in [1.82, 2.24) is 0 Å². The normalized spacial score (nSPS) is 41.6. The zero-order valence-corrected chi connectivity index (χ0v) is 26.5. The fourth-order valence-corrected chi connectivity index (χ4v) is 9.00. The van der Waals surface area contributed by atoms with E-state index in [0.717, 1.165) is 0 Å². The molecule has 1 heterocycles. The Labute approximate surface area is 258 Å². The third kappa shape index (κ3) is 4.66. The average Bonchev–Trinajstić information content (AvgIpc) is 2.97. The number of aliphatic hydroxyl groups excluding tert-OH is 2. The molecule has 2 saturated carbocycles. The van der Waals surface area contributed by atoms with Crippen LogP contribution >= 0.6 is 11.8 Å². The molecule has 1 aromatic carbocycles. The molecule has 43 heavy (non-hydrogen) atoms. The summed E-state index contributed by atoms with van der Waals surface area (Å²) in [6, 6.07) is 8.68. The first-order valence-electron chi connectivity index (χ1n) is 14.9. The van der Waals surface area contributed by atoms with Gasteiger partial charge in [0.15, 0.2) is 11.9 Å². The largest absolute Gasteiger partial charge is 0.456 e. The molecule has 9 unspecified atom stereocenters.